The van der Waals surface area contributed by atoms with Crippen molar-refractivity contribution < 1.29 is 0 Å². The van der Waals surface area contributed by atoms with Crippen molar-refractivity contribution in [3.63, 3.8) is 0 Å². The minimum absolute atomic E-state index is 0.664. The Morgan fingerprint density at radius 1 is 0.426 bits per heavy atom. The third-order valence-electron chi connectivity index (χ3n) is 11.2. The van der Waals surface area contributed by atoms with E-state index in [1.807, 2.05) is 11.3 Å². The molecule has 0 N–H and O–H groups in total. The largest absolute Gasteiger partial charge is 0.277 e. The Morgan fingerprint density at radius 2 is 1.15 bits per heavy atom. The summed E-state index contributed by atoms with van der Waals surface area (Å²) in [5, 5.41) is 13.4. The lowest BCUT2D eigenvalue weighted by molar-refractivity contribution is 1.02. The number of para-hydroxylation sites is 1. The van der Waals surface area contributed by atoms with Gasteiger partial charge in [-0.3, -0.25) is 4.57 Å². The van der Waals surface area contributed by atoms with Crippen LogP contribution in [0.3, 0.4) is 0 Å². The second kappa shape index (κ2) is 11.3. The molecular weight excluding hydrogens is 675 g/mol. The highest BCUT2D eigenvalue weighted by molar-refractivity contribution is 7.26. The third-order valence-corrected chi connectivity index (χ3v) is 12.4. The average molecular weight is 704 g/mol. The topological polar surface area (TPSA) is 30.7 Å². The Labute approximate surface area is 314 Å². The number of aromatic nitrogens is 3. The summed E-state index contributed by atoms with van der Waals surface area (Å²) in [6.45, 7) is 0. The van der Waals surface area contributed by atoms with Crippen LogP contribution in [0.5, 0.6) is 0 Å². The van der Waals surface area contributed by atoms with Gasteiger partial charge in [0.1, 0.15) is 0 Å². The summed E-state index contributed by atoms with van der Waals surface area (Å²) in [5.41, 5.74) is 7.56. The van der Waals surface area contributed by atoms with Gasteiger partial charge in [0.25, 0.3) is 0 Å². The zero-order chi connectivity index (χ0) is 35.3. The van der Waals surface area contributed by atoms with Gasteiger partial charge < -0.3 is 0 Å². The Bertz CT molecular complexity index is 3500. The van der Waals surface area contributed by atoms with Crippen molar-refractivity contribution in [2.24, 2.45) is 0 Å². The van der Waals surface area contributed by atoms with Gasteiger partial charge in [0, 0.05) is 52.7 Å². The molecule has 250 valence electrons. The van der Waals surface area contributed by atoms with E-state index in [1.165, 1.54) is 74.4 Å². The summed E-state index contributed by atoms with van der Waals surface area (Å²) < 4.78 is 4.95. The Morgan fingerprint density at radius 3 is 2.04 bits per heavy atom. The van der Waals surface area contributed by atoms with Gasteiger partial charge in [0.2, 0.25) is 5.95 Å². The first-order valence-electron chi connectivity index (χ1n) is 18.3. The number of fused-ring (bicyclic) bond motifs is 14. The molecule has 9 aromatic carbocycles. The molecular formula is C50H29N3S. The monoisotopic (exact) mass is 703 g/mol. The van der Waals surface area contributed by atoms with Crippen molar-refractivity contribution in [3.05, 3.63) is 176 Å². The molecule has 0 saturated heterocycles. The molecule has 0 atom stereocenters. The van der Waals surface area contributed by atoms with Crippen molar-refractivity contribution in [3.8, 4) is 28.3 Å². The van der Waals surface area contributed by atoms with Crippen LogP contribution in [-0.4, -0.2) is 14.5 Å². The van der Waals surface area contributed by atoms with Gasteiger partial charge in [-0.2, -0.15) is 0 Å². The van der Waals surface area contributed by atoms with Gasteiger partial charge in [0.15, 0.2) is 0 Å². The number of hydrogen-bond donors (Lipinski definition) is 0. The standard InChI is InChI=1S/C50H29N3S/c1-2-14-31(15-3-1)47-40-20-8-10-23-42(40)51-50(52-47)53-43-28-26-32(34-21-12-22-39-36-18-9-11-24-44(36)54-49(34)39)29-41(43)46-45-33-16-5-4-13-30(33)25-27-37(45)35-17-6-7-19-38(35)48(46)53/h1-29H. The molecule has 0 amide bonds. The molecule has 12 aromatic rings. The van der Waals surface area contributed by atoms with Crippen LogP contribution in [0.2, 0.25) is 0 Å². The second-order valence-corrected chi connectivity index (χ2v) is 15.1. The van der Waals surface area contributed by atoms with Crippen LogP contribution in [0.1, 0.15) is 0 Å². The highest BCUT2D eigenvalue weighted by Crippen LogP contribution is 2.47. The fraction of sp³-hybridized carbons (Fsp3) is 0. The molecule has 0 spiro atoms. The molecule has 0 fully saturated rings. The van der Waals surface area contributed by atoms with Crippen molar-refractivity contribution in [1.29, 1.82) is 0 Å². The maximum atomic E-state index is 5.46. The zero-order valence-electron chi connectivity index (χ0n) is 29.0. The number of thiophene rings is 1. The molecule has 0 bridgehead atoms. The van der Waals surface area contributed by atoms with E-state index in [-0.39, 0.29) is 0 Å². The first-order chi connectivity index (χ1) is 26.8. The van der Waals surface area contributed by atoms with Crippen molar-refractivity contribution in [1.82, 2.24) is 14.5 Å². The minimum atomic E-state index is 0.664. The van der Waals surface area contributed by atoms with Crippen LogP contribution in [0.4, 0.5) is 0 Å². The maximum Gasteiger partial charge on any atom is 0.235 e. The lowest BCUT2D eigenvalue weighted by atomic mass is 9.92. The third kappa shape index (κ3) is 4.17. The van der Waals surface area contributed by atoms with Crippen LogP contribution < -0.4 is 0 Å². The van der Waals surface area contributed by atoms with E-state index in [4.69, 9.17) is 9.97 Å². The summed E-state index contributed by atoms with van der Waals surface area (Å²) in [6, 6.07) is 63.5. The van der Waals surface area contributed by atoms with Gasteiger partial charge in [-0.25, -0.2) is 9.97 Å². The highest BCUT2D eigenvalue weighted by Gasteiger charge is 2.23. The number of benzene rings is 9. The van der Waals surface area contributed by atoms with Crippen LogP contribution >= 0.6 is 11.3 Å². The zero-order valence-corrected chi connectivity index (χ0v) is 29.8. The SMILES string of the molecule is c1ccc(-c2nc(-n3c4ccc(-c5cccc6c5sc5ccccc56)cc4c4c5c6ccccc6ccc5c5ccccc5c43)nc3ccccc23)cc1. The highest BCUT2D eigenvalue weighted by atomic mass is 32.1. The van der Waals surface area contributed by atoms with Crippen LogP contribution in [0.15, 0.2) is 176 Å². The summed E-state index contributed by atoms with van der Waals surface area (Å²) in [7, 11) is 0. The Balaban J connectivity index is 1.28. The van der Waals surface area contributed by atoms with Gasteiger partial charge >= 0.3 is 0 Å². The number of hydrogen-bond acceptors (Lipinski definition) is 3. The second-order valence-electron chi connectivity index (χ2n) is 14.1. The molecule has 3 nitrogen and oxygen atoms in total. The smallest absolute Gasteiger partial charge is 0.235 e. The predicted octanol–water partition coefficient (Wildman–Crippen LogP) is 13.9. The fourth-order valence-corrected chi connectivity index (χ4v) is 10.1. The Hall–Kier alpha value is -6.88. The van der Waals surface area contributed by atoms with E-state index < -0.39 is 0 Å². The summed E-state index contributed by atoms with van der Waals surface area (Å²) in [5.74, 6) is 0.664. The molecule has 0 aliphatic heterocycles. The molecule has 4 heteroatoms. The predicted molar refractivity (Wildman–Crippen MR) is 230 cm³/mol. The van der Waals surface area contributed by atoms with Gasteiger partial charge in [-0.1, -0.05) is 152 Å². The lowest BCUT2D eigenvalue weighted by Crippen LogP contribution is -2.04. The van der Waals surface area contributed by atoms with Gasteiger partial charge in [-0.05, 0) is 56.9 Å². The molecule has 0 aliphatic rings. The van der Waals surface area contributed by atoms with Crippen molar-refractivity contribution in [2.75, 3.05) is 0 Å². The minimum Gasteiger partial charge on any atom is -0.277 e. The normalized spacial score (nSPS) is 12.1. The van der Waals surface area contributed by atoms with Gasteiger partial charge in [0.05, 0.1) is 22.2 Å². The summed E-state index contributed by atoms with van der Waals surface area (Å²) in [4.78, 5) is 10.8. The van der Waals surface area contributed by atoms with E-state index in [9.17, 15) is 0 Å². The van der Waals surface area contributed by atoms with E-state index in [0.29, 0.717) is 5.95 Å². The van der Waals surface area contributed by atoms with Crippen LogP contribution in [0.25, 0.3) is 114 Å². The maximum absolute atomic E-state index is 5.46. The Kier molecular flexibility index (Phi) is 6.21. The quantitative estimate of drug-likeness (QED) is 0.172. The van der Waals surface area contributed by atoms with Gasteiger partial charge in [-0.15, -0.1) is 11.3 Å². The molecule has 3 heterocycles. The molecule has 12 rings (SSSR count). The summed E-state index contributed by atoms with van der Waals surface area (Å²) in [6.07, 6.45) is 0. The van der Waals surface area contributed by atoms with E-state index in [2.05, 4.69) is 180 Å². The fourth-order valence-electron chi connectivity index (χ4n) is 8.82. The molecule has 0 saturated carbocycles. The van der Waals surface area contributed by atoms with Crippen LogP contribution in [-0.2, 0) is 0 Å². The van der Waals surface area contributed by atoms with E-state index in [1.54, 1.807) is 0 Å². The van der Waals surface area contributed by atoms with E-state index >= 15 is 0 Å². The number of rotatable bonds is 3. The molecule has 3 aromatic heterocycles. The summed E-state index contributed by atoms with van der Waals surface area (Å²) >= 11 is 1.88. The first-order valence-corrected chi connectivity index (χ1v) is 19.2. The number of nitrogens with zero attached hydrogens (tertiary/aromatic N) is 3. The first kappa shape index (κ1) is 29.7. The van der Waals surface area contributed by atoms with E-state index in [0.717, 1.165) is 33.2 Å². The van der Waals surface area contributed by atoms with Crippen LogP contribution in [0, 0.1) is 0 Å². The molecule has 54 heavy (non-hydrogen) atoms. The van der Waals surface area contributed by atoms with Crippen molar-refractivity contribution in [2.45, 2.75) is 0 Å². The molecule has 0 radical (unpaired) electrons. The average Bonchev–Trinajstić information content (AvgIpc) is 3.79. The molecule has 0 aliphatic carbocycles. The molecule has 0 unspecified atom stereocenters. The van der Waals surface area contributed by atoms with Crippen molar-refractivity contribution >= 4 is 96.5 Å². The lowest BCUT2D eigenvalue weighted by Gasteiger charge is -2.14.